The Morgan fingerprint density at radius 3 is 2.68 bits per heavy atom. The molecule has 1 aromatic carbocycles. The predicted molar refractivity (Wildman–Crippen MR) is 80.0 cm³/mol. The summed E-state index contributed by atoms with van der Waals surface area (Å²) in [4.78, 5) is 25.0. The van der Waals surface area contributed by atoms with Crippen LogP contribution in [0.4, 0.5) is 0 Å². The molecule has 1 aromatic rings. The molecule has 1 saturated heterocycles. The van der Waals surface area contributed by atoms with E-state index in [9.17, 15) is 9.59 Å². The zero-order valence-electron chi connectivity index (χ0n) is 12.8. The maximum Gasteiger partial charge on any atom is 0.306 e. The molecule has 0 bridgehead atoms. The third-order valence-corrected chi connectivity index (χ3v) is 3.84. The van der Waals surface area contributed by atoms with Crippen molar-refractivity contribution in [2.24, 2.45) is 0 Å². The molecule has 1 amide bonds. The van der Waals surface area contributed by atoms with E-state index in [0.717, 1.165) is 11.3 Å². The van der Waals surface area contributed by atoms with Gasteiger partial charge in [0, 0.05) is 13.1 Å². The first kappa shape index (κ1) is 16.3. The van der Waals surface area contributed by atoms with E-state index < -0.39 is 12.1 Å². The minimum atomic E-state index is -0.914. The van der Waals surface area contributed by atoms with Gasteiger partial charge in [0.1, 0.15) is 5.75 Å². The molecule has 6 heteroatoms. The molecule has 0 saturated carbocycles. The highest BCUT2D eigenvalue weighted by Crippen LogP contribution is 2.22. The largest absolute Gasteiger partial charge is 0.497 e. The first-order valence-corrected chi connectivity index (χ1v) is 7.27. The number of hydrogen-bond donors (Lipinski definition) is 1. The van der Waals surface area contributed by atoms with Gasteiger partial charge in [-0.1, -0.05) is 12.1 Å². The van der Waals surface area contributed by atoms with Crippen molar-refractivity contribution in [1.29, 1.82) is 0 Å². The van der Waals surface area contributed by atoms with Crippen LogP contribution in [0, 0.1) is 0 Å². The fourth-order valence-corrected chi connectivity index (χ4v) is 2.55. The lowest BCUT2D eigenvalue weighted by Gasteiger charge is -2.34. The quantitative estimate of drug-likeness (QED) is 0.892. The van der Waals surface area contributed by atoms with Crippen molar-refractivity contribution in [2.75, 3.05) is 26.8 Å². The predicted octanol–water partition coefficient (Wildman–Crippen LogP) is 1.50. The summed E-state index contributed by atoms with van der Waals surface area (Å²) in [7, 11) is 1.60. The topological polar surface area (TPSA) is 76.1 Å². The molecular weight excluding hydrogens is 286 g/mol. The number of rotatable bonds is 5. The van der Waals surface area contributed by atoms with Crippen molar-refractivity contribution in [3.63, 3.8) is 0 Å². The summed E-state index contributed by atoms with van der Waals surface area (Å²) in [6.07, 6.45) is -0.515. The van der Waals surface area contributed by atoms with Crippen LogP contribution >= 0.6 is 0 Å². The normalized spacial score (nSPS) is 19.5. The van der Waals surface area contributed by atoms with Gasteiger partial charge >= 0.3 is 5.97 Å². The summed E-state index contributed by atoms with van der Waals surface area (Å²) < 4.78 is 10.5. The molecule has 22 heavy (non-hydrogen) atoms. The molecule has 120 valence electrons. The Morgan fingerprint density at radius 1 is 1.41 bits per heavy atom. The Hall–Kier alpha value is -2.08. The van der Waals surface area contributed by atoms with Gasteiger partial charge in [-0.05, 0) is 24.6 Å². The number of hydrogen-bond acceptors (Lipinski definition) is 4. The van der Waals surface area contributed by atoms with E-state index in [4.69, 9.17) is 14.6 Å². The molecule has 0 aromatic heterocycles. The molecular formula is C16H21NO5. The number of benzene rings is 1. The monoisotopic (exact) mass is 307 g/mol. The molecule has 6 nitrogen and oxygen atoms in total. The molecule has 1 heterocycles. The number of aliphatic carboxylic acids is 1. The molecule has 0 aliphatic carbocycles. The fourth-order valence-electron chi connectivity index (χ4n) is 2.55. The number of amides is 1. The second-order valence-corrected chi connectivity index (χ2v) is 5.37. The third kappa shape index (κ3) is 3.98. The van der Waals surface area contributed by atoms with E-state index in [1.807, 2.05) is 31.2 Å². The summed E-state index contributed by atoms with van der Waals surface area (Å²) in [5.74, 6) is -0.461. The highest BCUT2D eigenvalue weighted by Gasteiger charge is 2.29. The second kappa shape index (κ2) is 7.26. The van der Waals surface area contributed by atoms with Gasteiger partial charge in [-0.25, -0.2) is 0 Å². The number of methoxy groups -OCH3 is 1. The smallest absolute Gasteiger partial charge is 0.306 e. The maximum atomic E-state index is 12.6. The van der Waals surface area contributed by atoms with Crippen molar-refractivity contribution in [1.82, 2.24) is 4.90 Å². The van der Waals surface area contributed by atoms with E-state index in [2.05, 4.69) is 0 Å². The van der Waals surface area contributed by atoms with E-state index in [1.165, 1.54) is 0 Å². The lowest BCUT2D eigenvalue weighted by molar-refractivity contribution is -0.148. The number of carboxylic acids is 1. The van der Waals surface area contributed by atoms with Crippen molar-refractivity contribution >= 4 is 11.9 Å². The third-order valence-electron chi connectivity index (χ3n) is 3.84. The zero-order valence-corrected chi connectivity index (χ0v) is 12.8. The first-order chi connectivity index (χ1) is 10.5. The number of carbonyl (C=O) groups is 2. The lowest BCUT2D eigenvalue weighted by Crippen LogP contribution is -2.47. The molecule has 1 N–H and O–H groups in total. The molecule has 1 fully saturated rings. The van der Waals surface area contributed by atoms with Crippen LogP contribution in [0.1, 0.15) is 24.8 Å². The summed E-state index contributed by atoms with van der Waals surface area (Å²) in [6, 6.07) is 7.39. The van der Waals surface area contributed by atoms with Crippen LogP contribution in [0.3, 0.4) is 0 Å². The van der Waals surface area contributed by atoms with Crippen LogP contribution in [0.5, 0.6) is 5.75 Å². The highest BCUT2D eigenvalue weighted by atomic mass is 16.5. The molecule has 2 rings (SSSR count). The lowest BCUT2D eigenvalue weighted by atomic mass is 9.99. The van der Waals surface area contributed by atoms with Crippen LogP contribution in [0.2, 0.25) is 0 Å². The van der Waals surface area contributed by atoms with Crippen molar-refractivity contribution in [2.45, 2.75) is 25.4 Å². The molecule has 2 atom stereocenters. The second-order valence-electron chi connectivity index (χ2n) is 5.37. The summed E-state index contributed by atoms with van der Waals surface area (Å²) >= 11 is 0. The van der Waals surface area contributed by atoms with Gasteiger partial charge in [-0.2, -0.15) is 0 Å². The summed E-state index contributed by atoms with van der Waals surface area (Å²) in [5, 5.41) is 8.83. The van der Waals surface area contributed by atoms with Gasteiger partial charge in [-0.3, -0.25) is 9.59 Å². The van der Waals surface area contributed by atoms with Crippen molar-refractivity contribution < 1.29 is 24.2 Å². The number of nitrogens with zero attached hydrogens (tertiary/aromatic N) is 1. The Kier molecular flexibility index (Phi) is 5.38. The zero-order chi connectivity index (χ0) is 16.1. The molecule has 1 aliphatic rings. The SMILES string of the molecule is COc1ccc(C(C)C(=O)N2CCOC(CC(=O)O)C2)cc1. The maximum absolute atomic E-state index is 12.6. The molecule has 0 spiro atoms. The van der Waals surface area contributed by atoms with Gasteiger partial charge in [0.2, 0.25) is 5.91 Å². The minimum absolute atomic E-state index is 0.0103. The first-order valence-electron chi connectivity index (χ1n) is 7.27. The Bertz CT molecular complexity index is 528. The minimum Gasteiger partial charge on any atom is -0.497 e. The van der Waals surface area contributed by atoms with Gasteiger partial charge < -0.3 is 19.5 Å². The fraction of sp³-hybridized carbons (Fsp3) is 0.500. The van der Waals surface area contributed by atoms with Crippen LogP contribution < -0.4 is 4.74 Å². The molecule has 2 unspecified atom stereocenters. The number of morpholine rings is 1. The summed E-state index contributed by atoms with van der Waals surface area (Å²) in [6.45, 7) is 3.05. The van der Waals surface area contributed by atoms with Gasteiger partial charge in [0.05, 0.1) is 32.2 Å². The van der Waals surface area contributed by atoms with Crippen LogP contribution in [-0.2, 0) is 14.3 Å². The van der Waals surface area contributed by atoms with E-state index in [0.29, 0.717) is 19.7 Å². The number of carboxylic acid groups (broad SMARTS) is 1. The average molecular weight is 307 g/mol. The van der Waals surface area contributed by atoms with Crippen LogP contribution in [0.15, 0.2) is 24.3 Å². The number of ether oxygens (including phenoxy) is 2. The molecule has 0 radical (unpaired) electrons. The Morgan fingerprint density at radius 2 is 2.09 bits per heavy atom. The van der Waals surface area contributed by atoms with Gasteiger partial charge in [0.25, 0.3) is 0 Å². The molecule has 1 aliphatic heterocycles. The van der Waals surface area contributed by atoms with Gasteiger partial charge in [-0.15, -0.1) is 0 Å². The summed E-state index contributed by atoms with van der Waals surface area (Å²) in [5.41, 5.74) is 0.909. The van der Waals surface area contributed by atoms with Crippen molar-refractivity contribution in [3.05, 3.63) is 29.8 Å². The van der Waals surface area contributed by atoms with Gasteiger partial charge in [0.15, 0.2) is 0 Å². The van der Waals surface area contributed by atoms with Crippen LogP contribution in [-0.4, -0.2) is 54.8 Å². The van der Waals surface area contributed by atoms with E-state index in [-0.39, 0.29) is 18.2 Å². The Labute approximate surface area is 129 Å². The van der Waals surface area contributed by atoms with E-state index in [1.54, 1.807) is 12.0 Å². The van der Waals surface area contributed by atoms with E-state index >= 15 is 0 Å². The standard InChI is InChI=1S/C16H21NO5/c1-11(12-3-5-13(21-2)6-4-12)16(20)17-7-8-22-14(10-17)9-15(18)19/h3-6,11,14H,7-10H2,1-2H3,(H,18,19). The Balaban J connectivity index is 2.01. The highest BCUT2D eigenvalue weighted by molar-refractivity contribution is 5.83. The number of carbonyl (C=O) groups excluding carboxylic acids is 1. The van der Waals surface area contributed by atoms with Crippen molar-refractivity contribution in [3.8, 4) is 5.75 Å². The average Bonchev–Trinajstić information content (AvgIpc) is 2.53. The van der Waals surface area contributed by atoms with Crippen LogP contribution in [0.25, 0.3) is 0 Å².